The van der Waals surface area contributed by atoms with Crippen LogP contribution in [0.25, 0.3) is 0 Å². The van der Waals surface area contributed by atoms with Gasteiger partial charge in [-0.3, -0.25) is 10.1 Å². The van der Waals surface area contributed by atoms with Crippen molar-refractivity contribution < 1.29 is 19.5 Å². The average Bonchev–Trinajstić information content (AvgIpc) is 2.46. The largest absolute Gasteiger partial charge is 0.481 e. The molecular formula is C11H15N3O5. The summed E-state index contributed by atoms with van der Waals surface area (Å²) in [6.45, 7) is 1.03. The summed E-state index contributed by atoms with van der Waals surface area (Å²) in [7, 11) is 1.45. The van der Waals surface area contributed by atoms with E-state index in [1.807, 2.05) is 0 Å². The van der Waals surface area contributed by atoms with Crippen LogP contribution >= 0.6 is 0 Å². The van der Waals surface area contributed by atoms with E-state index in [2.05, 4.69) is 4.98 Å². The van der Waals surface area contributed by atoms with Gasteiger partial charge in [-0.1, -0.05) is 0 Å². The van der Waals surface area contributed by atoms with Crippen molar-refractivity contribution in [2.45, 2.75) is 6.04 Å². The smallest absolute Gasteiger partial charge is 0.311 e. The molecule has 0 aromatic carbocycles. The van der Waals surface area contributed by atoms with Crippen LogP contribution in [0.15, 0.2) is 12.1 Å². The lowest BCUT2D eigenvalue weighted by molar-refractivity contribution is -0.384. The van der Waals surface area contributed by atoms with Gasteiger partial charge in [-0.05, 0) is 0 Å². The SMILES string of the molecule is COc1ccc([N+](=O)[O-])c(N2CCOCC2CO)n1. The second kappa shape index (κ2) is 5.81. The molecule has 2 heterocycles. The molecule has 0 saturated carbocycles. The van der Waals surface area contributed by atoms with Crippen LogP contribution in [0.4, 0.5) is 11.5 Å². The number of aromatic nitrogens is 1. The molecule has 1 unspecified atom stereocenters. The van der Waals surface area contributed by atoms with Crippen LogP contribution in [0.2, 0.25) is 0 Å². The van der Waals surface area contributed by atoms with Gasteiger partial charge in [-0.15, -0.1) is 0 Å². The maximum absolute atomic E-state index is 11.1. The fourth-order valence-corrected chi connectivity index (χ4v) is 1.98. The average molecular weight is 269 g/mol. The molecule has 1 aliphatic rings. The molecule has 1 aromatic heterocycles. The van der Waals surface area contributed by atoms with Gasteiger partial charge in [-0.25, -0.2) is 0 Å². The van der Waals surface area contributed by atoms with Gasteiger partial charge in [0.25, 0.3) is 0 Å². The predicted molar refractivity (Wildman–Crippen MR) is 66.5 cm³/mol. The first kappa shape index (κ1) is 13.5. The molecule has 1 N–H and O–H groups in total. The molecule has 0 bridgehead atoms. The monoisotopic (exact) mass is 269 g/mol. The Morgan fingerprint density at radius 2 is 2.47 bits per heavy atom. The van der Waals surface area contributed by atoms with E-state index in [9.17, 15) is 15.2 Å². The van der Waals surface area contributed by atoms with Crippen molar-refractivity contribution in [2.24, 2.45) is 0 Å². The Balaban J connectivity index is 2.42. The highest BCUT2D eigenvalue weighted by molar-refractivity contribution is 5.60. The zero-order chi connectivity index (χ0) is 13.8. The van der Waals surface area contributed by atoms with E-state index in [0.717, 1.165) is 0 Å². The molecule has 0 radical (unpaired) electrons. The second-order valence-electron chi connectivity index (χ2n) is 4.06. The molecule has 1 fully saturated rings. The van der Waals surface area contributed by atoms with Gasteiger partial charge in [0.15, 0.2) is 0 Å². The zero-order valence-corrected chi connectivity index (χ0v) is 10.5. The molecule has 1 aromatic rings. The van der Waals surface area contributed by atoms with Gasteiger partial charge in [0.2, 0.25) is 11.7 Å². The number of nitrogens with zero attached hydrogens (tertiary/aromatic N) is 3. The van der Waals surface area contributed by atoms with Crippen molar-refractivity contribution in [2.75, 3.05) is 38.4 Å². The van der Waals surface area contributed by atoms with Crippen molar-refractivity contribution in [3.05, 3.63) is 22.2 Å². The summed E-state index contributed by atoms with van der Waals surface area (Å²) in [4.78, 5) is 16.4. The van der Waals surface area contributed by atoms with Crippen LogP contribution < -0.4 is 9.64 Å². The Kier molecular flexibility index (Phi) is 4.13. The predicted octanol–water partition coefficient (Wildman–Crippen LogP) is 0.196. The summed E-state index contributed by atoms with van der Waals surface area (Å²) < 4.78 is 10.2. The van der Waals surface area contributed by atoms with Gasteiger partial charge in [0.1, 0.15) is 0 Å². The van der Waals surface area contributed by atoms with Gasteiger partial charge >= 0.3 is 5.69 Å². The molecule has 1 saturated heterocycles. The standard InChI is InChI=1S/C11H15N3O5/c1-18-10-3-2-9(14(16)17)11(12-10)13-4-5-19-7-8(13)6-15/h2-3,8,15H,4-7H2,1H3. The third kappa shape index (κ3) is 2.74. The molecule has 104 valence electrons. The van der Waals surface area contributed by atoms with E-state index in [-0.39, 0.29) is 24.2 Å². The molecule has 1 atom stereocenters. The maximum atomic E-state index is 11.1. The highest BCUT2D eigenvalue weighted by Crippen LogP contribution is 2.30. The first-order valence-corrected chi connectivity index (χ1v) is 5.82. The van der Waals surface area contributed by atoms with Crippen molar-refractivity contribution in [3.63, 3.8) is 0 Å². The summed E-state index contributed by atoms with van der Waals surface area (Å²) in [6, 6.07) is 2.45. The quantitative estimate of drug-likeness (QED) is 0.615. The van der Waals surface area contributed by atoms with Crippen molar-refractivity contribution >= 4 is 11.5 Å². The number of morpholine rings is 1. The number of methoxy groups -OCH3 is 1. The van der Waals surface area contributed by atoms with Crippen molar-refractivity contribution in [1.82, 2.24) is 4.98 Å². The van der Waals surface area contributed by atoms with Gasteiger partial charge in [0, 0.05) is 18.7 Å². The van der Waals surface area contributed by atoms with Crippen LogP contribution in [0.5, 0.6) is 5.88 Å². The number of nitro groups is 1. The molecule has 2 rings (SSSR count). The normalized spacial score (nSPS) is 19.3. The van der Waals surface area contributed by atoms with Crippen LogP contribution in [0.1, 0.15) is 0 Å². The van der Waals surface area contributed by atoms with Crippen molar-refractivity contribution in [1.29, 1.82) is 0 Å². The number of rotatable bonds is 4. The van der Waals surface area contributed by atoms with E-state index in [1.54, 1.807) is 4.90 Å². The minimum atomic E-state index is -0.494. The Morgan fingerprint density at radius 3 is 3.11 bits per heavy atom. The summed E-state index contributed by atoms with van der Waals surface area (Å²) in [6.07, 6.45) is 0. The summed E-state index contributed by atoms with van der Waals surface area (Å²) >= 11 is 0. The fourth-order valence-electron chi connectivity index (χ4n) is 1.98. The summed E-state index contributed by atoms with van der Waals surface area (Å²) in [5.74, 6) is 0.496. The van der Waals surface area contributed by atoms with Crippen LogP contribution in [-0.4, -0.2) is 54.5 Å². The molecule has 0 spiro atoms. The van der Waals surface area contributed by atoms with Gasteiger partial charge < -0.3 is 19.5 Å². The molecule has 1 aliphatic heterocycles. The fraction of sp³-hybridized carbons (Fsp3) is 0.545. The molecule has 8 heteroatoms. The molecule has 0 aliphatic carbocycles. The van der Waals surface area contributed by atoms with E-state index in [0.29, 0.717) is 25.6 Å². The Labute approximate surface area is 109 Å². The topological polar surface area (TPSA) is 98.0 Å². The highest BCUT2D eigenvalue weighted by atomic mass is 16.6. The number of aliphatic hydroxyl groups is 1. The van der Waals surface area contributed by atoms with E-state index >= 15 is 0 Å². The van der Waals surface area contributed by atoms with Gasteiger partial charge in [-0.2, -0.15) is 4.98 Å². The lowest BCUT2D eigenvalue weighted by Crippen LogP contribution is -2.48. The number of ether oxygens (including phenoxy) is 2. The summed E-state index contributed by atoms with van der Waals surface area (Å²) in [5.41, 5.74) is -0.110. The molecule has 0 amide bonds. The van der Waals surface area contributed by atoms with Gasteiger partial charge in [0.05, 0.1) is 37.9 Å². The van der Waals surface area contributed by atoms with E-state index in [4.69, 9.17) is 9.47 Å². The highest BCUT2D eigenvalue weighted by Gasteiger charge is 2.30. The number of hydrogen-bond donors (Lipinski definition) is 1. The number of anilines is 1. The second-order valence-corrected chi connectivity index (χ2v) is 4.06. The third-order valence-electron chi connectivity index (χ3n) is 2.95. The Hall–Kier alpha value is -1.93. The Bertz CT molecular complexity index is 468. The first-order chi connectivity index (χ1) is 9.17. The lowest BCUT2D eigenvalue weighted by Gasteiger charge is -2.34. The van der Waals surface area contributed by atoms with Crippen LogP contribution in [0.3, 0.4) is 0 Å². The molecule has 19 heavy (non-hydrogen) atoms. The summed E-state index contributed by atoms with van der Waals surface area (Å²) in [5, 5.41) is 20.4. The minimum Gasteiger partial charge on any atom is -0.481 e. The van der Waals surface area contributed by atoms with Crippen LogP contribution in [0, 0.1) is 10.1 Å². The Morgan fingerprint density at radius 1 is 1.68 bits per heavy atom. The number of pyridine rings is 1. The number of hydrogen-bond acceptors (Lipinski definition) is 7. The number of aliphatic hydroxyl groups excluding tert-OH is 1. The van der Waals surface area contributed by atoms with E-state index < -0.39 is 4.92 Å². The molecular weight excluding hydrogens is 254 g/mol. The maximum Gasteiger partial charge on any atom is 0.311 e. The minimum absolute atomic E-state index is 0.110. The van der Waals surface area contributed by atoms with Crippen LogP contribution in [-0.2, 0) is 4.74 Å². The molecule has 8 nitrogen and oxygen atoms in total. The first-order valence-electron chi connectivity index (χ1n) is 5.82. The van der Waals surface area contributed by atoms with Crippen molar-refractivity contribution in [3.8, 4) is 5.88 Å². The van der Waals surface area contributed by atoms with E-state index in [1.165, 1.54) is 19.2 Å². The lowest BCUT2D eigenvalue weighted by atomic mass is 10.2. The third-order valence-corrected chi connectivity index (χ3v) is 2.95. The zero-order valence-electron chi connectivity index (χ0n) is 10.5.